The molecule has 1 saturated heterocycles. The zero-order valence-electron chi connectivity index (χ0n) is 9.31. The third kappa shape index (κ3) is 4.56. The van der Waals surface area contributed by atoms with Crippen molar-refractivity contribution in [3.05, 3.63) is 23.9 Å². The first kappa shape index (κ1) is 15.5. The van der Waals surface area contributed by atoms with Crippen LogP contribution in [0.5, 0.6) is 5.88 Å². The zero-order valence-corrected chi connectivity index (χ0v) is 10.9. The van der Waals surface area contributed by atoms with Crippen LogP contribution in [0.4, 0.5) is 0 Å². The molecule has 5 heteroatoms. The molecule has 1 aromatic rings. The molecular weight excluding hydrogens is 247 g/mol. The van der Waals surface area contributed by atoms with Crippen LogP contribution in [0.1, 0.15) is 12.1 Å². The standard InChI is InChI=1S/C11H16N2O.2ClH/c1-9-3-2-4-11(13-9)14-8-10-5-6-12-7-10;;/h2-4,10,12H,5-8H2,1H3;2*1H/t10-;;/m1../s1. The smallest absolute Gasteiger partial charge is 0.213 e. The molecule has 0 bridgehead atoms. The van der Waals surface area contributed by atoms with Gasteiger partial charge >= 0.3 is 0 Å². The number of ether oxygens (including phenoxy) is 1. The van der Waals surface area contributed by atoms with E-state index in [1.54, 1.807) is 0 Å². The number of halogens is 2. The number of nitrogens with zero attached hydrogens (tertiary/aromatic N) is 1. The summed E-state index contributed by atoms with van der Waals surface area (Å²) in [6.07, 6.45) is 1.21. The molecule has 1 N–H and O–H groups in total. The molecule has 16 heavy (non-hydrogen) atoms. The van der Waals surface area contributed by atoms with Gasteiger partial charge in [0.15, 0.2) is 0 Å². The number of nitrogens with one attached hydrogen (secondary N) is 1. The maximum atomic E-state index is 5.62. The topological polar surface area (TPSA) is 34.1 Å². The van der Waals surface area contributed by atoms with E-state index in [0.29, 0.717) is 5.92 Å². The van der Waals surface area contributed by atoms with Crippen LogP contribution >= 0.6 is 24.8 Å². The molecule has 92 valence electrons. The average Bonchev–Trinajstić information content (AvgIpc) is 2.67. The summed E-state index contributed by atoms with van der Waals surface area (Å²) in [6.45, 7) is 4.95. The Bertz CT molecular complexity index is 304. The summed E-state index contributed by atoms with van der Waals surface area (Å²) in [5, 5.41) is 3.32. The van der Waals surface area contributed by atoms with Gasteiger partial charge in [0, 0.05) is 24.2 Å². The largest absolute Gasteiger partial charge is 0.477 e. The van der Waals surface area contributed by atoms with E-state index in [1.165, 1.54) is 6.42 Å². The first-order valence-electron chi connectivity index (χ1n) is 5.12. The van der Waals surface area contributed by atoms with Gasteiger partial charge in [0.05, 0.1) is 6.61 Å². The average molecular weight is 265 g/mol. The number of aryl methyl sites for hydroxylation is 1. The van der Waals surface area contributed by atoms with E-state index in [9.17, 15) is 0 Å². The van der Waals surface area contributed by atoms with Crippen molar-refractivity contribution in [1.29, 1.82) is 0 Å². The van der Waals surface area contributed by atoms with Crippen LogP contribution in [0.15, 0.2) is 18.2 Å². The van der Waals surface area contributed by atoms with Crippen molar-refractivity contribution in [2.75, 3.05) is 19.7 Å². The molecule has 0 saturated carbocycles. The number of hydrogen-bond acceptors (Lipinski definition) is 3. The highest BCUT2D eigenvalue weighted by atomic mass is 35.5. The van der Waals surface area contributed by atoms with Gasteiger partial charge in [-0.1, -0.05) is 6.07 Å². The van der Waals surface area contributed by atoms with E-state index < -0.39 is 0 Å². The summed E-state index contributed by atoms with van der Waals surface area (Å²) in [5.74, 6) is 1.40. The minimum Gasteiger partial charge on any atom is -0.477 e. The number of aromatic nitrogens is 1. The summed E-state index contributed by atoms with van der Waals surface area (Å²) in [5.41, 5.74) is 1.01. The van der Waals surface area contributed by atoms with Crippen molar-refractivity contribution in [2.45, 2.75) is 13.3 Å². The summed E-state index contributed by atoms with van der Waals surface area (Å²) >= 11 is 0. The fourth-order valence-electron chi connectivity index (χ4n) is 1.66. The van der Waals surface area contributed by atoms with Gasteiger partial charge in [-0.2, -0.15) is 0 Å². The molecule has 0 aromatic carbocycles. The van der Waals surface area contributed by atoms with Crippen LogP contribution in [-0.4, -0.2) is 24.7 Å². The molecule has 0 aliphatic carbocycles. The lowest BCUT2D eigenvalue weighted by atomic mass is 10.1. The molecule has 0 unspecified atom stereocenters. The van der Waals surface area contributed by atoms with E-state index in [-0.39, 0.29) is 24.8 Å². The monoisotopic (exact) mass is 264 g/mol. The fraction of sp³-hybridized carbons (Fsp3) is 0.545. The molecule has 1 fully saturated rings. The van der Waals surface area contributed by atoms with Crippen LogP contribution in [0.2, 0.25) is 0 Å². The van der Waals surface area contributed by atoms with Gasteiger partial charge < -0.3 is 10.1 Å². The minimum absolute atomic E-state index is 0. The predicted molar refractivity (Wildman–Crippen MR) is 69.9 cm³/mol. The van der Waals surface area contributed by atoms with Crippen LogP contribution < -0.4 is 10.1 Å². The third-order valence-electron chi connectivity index (χ3n) is 2.49. The molecular formula is C11H18Cl2N2O. The summed E-state index contributed by atoms with van der Waals surface area (Å²) in [7, 11) is 0. The molecule has 2 heterocycles. The van der Waals surface area contributed by atoms with Gasteiger partial charge in [-0.05, 0) is 26.0 Å². The molecule has 1 atom stereocenters. The van der Waals surface area contributed by atoms with Gasteiger partial charge in [0.2, 0.25) is 5.88 Å². The van der Waals surface area contributed by atoms with Crippen LogP contribution in [0, 0.1) is 12.8 Å². The first-order chi connectivity index (χ1) is 6.84. The Hall–Kier alpha value is -0.510. The summed E-state index contributed by atoms with van der Waals surface area (Å²) in [6, 6.07) is 5.87. The summed E-state index contributed by atoms with van der Waals surface area (Å²) in [4.78, 5) is 4.29. The van der Waals surface area contributed by atoms with E-state index in [1.807, 2.05) is 25.1 Å². The lowest BCUT2D eigenvalue weighted by molar-refractivity contribution is 0.250. The number of hydrogen-bond donors (Lipinski definition) is 1. The number of rotatable bonds is 3. The van der Waals surface area contributed by atoms with Gasteiger partial charge in [-0.3, -0.25) is 0 Å². The van der Waals surface area contributed by atoms with Crippen molar-refractivity contribution in [3.63, 3.8) is 0 Å². The van der Waals surface area contributed by atoms with Crippen molar-refractivity contribution in [1.82, 2.24) is 10.3 Å². The van der Waals surface area contributed by atoms with Crippen LogP contribution in [0.3, 0.4) is 0 Å². The molecule has 0 amide bonds. The SMILES string of the molecule is Cc1cccc(OC[C@@H]2CCNC2)n1.Cl.Cl. The Morgan fingerprint density at radius 2 is 2.25 bits per heavy atom. The van der Waals surface area contributed by atoms with Gasteiger partial charge in [-0.25, -0.2) is 4.98 Å². The van der Waals surface area contributed by atoms with Crippen molar-refractivity contribution < 1.29 is 4.74 Å². The molecule has 3 nitrogen and oxygen atoms in total. The molecule has 1 aliphatic rings. The quantitative estimate of drug-likeness (QED) is 0.910. The Labute approximate surface area is 109 Å². The second-order valence-electron chi connectivity index (χ2n) is 3.79. The van der Waals surface area contributed by atoms with Gasteiger partial charge in [-0.15, -0.1) is 24.8 Å². The fourth-order valence-corrected chi connectivity index (χ4v) is 1.66. The zero-order chi connectivity index (χ0) is 9.80. The third-order valence-corrected chi connectivity index (χ3v) is 2.49. The van der Waals surface area contributed by atoms with E-state index in [4.69, 9.17) is 4.74 Å². The highest BCUT2D eigenvalue weighted by molar-refractivity contribution is 5.85. The normalized spacial score (nSPS) is 18.4. The second-order valence-corrected chi connectivity index (χ2v) is 3.79. The van der Waals surface area contributed by atoms with Crippen LogP contribution in [-0.2, 0) is 0 Å². The summed E-state index contributed by atoms with van der Waals surface area (Å²) < 4.78 is 5.62. The van der Waals surface area contributed by atoms with Crippen molar-refractivity contribution in [3.8, 4) is 5.88 Å². The van der Waals surface area contributed by atoms with E-state index >= 15 is 0 Å². The predicted octanol–water partition coefficient (Wildman–Crippen LogP) is 2.22. The molecule has 0 spiro atoms. The Morgan fingerprint density at radius 3 is 2.88 bits per heavy atom. The van der Waals surface area contributed by atoms with E-state index in [0.717, 1.165) is 31.3 Å². The molecule has 1 aromatic heterocycles. The highest BCUT2D eigenvalue weighted by Crippen LogP contribution is 2.12. The van der Waals surface area contributed by atoms with Crippen LogP contribution in [0.25, 0.3) is 0 Å². The molecule has 2 rings (SSSR count). The van der Waals surface area contributed by atoms with Crippen molar-refractivity contribution in [2.24, 2.45) is 5.92 Å². The Morgan fingerprint density at radius 1 is 1.44 bits per heavy atom. The second kappa shape index (κ2) is 7.71. The Kier molecular flexibility index (Phi) is 7.47. The number of pyridine rings is 1. The Balaban J connectivity index is 0.00000112. The van der Waals surface area contributed by atoms with E-state index in [2.05, 4.69) is 10.3 Å². The minimum atomic E-state index is 0. The highest BCUT2D eigenvalue weighted by Gasteiger charge is 2.14. The van der Waals surface area contributed by atoms with Gasteiger partial charge in [0.1, 0.15) is 0 Å². The molecule has 1 aliphatic heterocycles. The lowest BCUT2D eigenvalue weighted by Crippen LogP contribution is -2.15. The molecule has 0 radical (unpaired) electrons. The van der Waals surface area contributed by atoms with Gasteiger partial charge in [0.25, 0.3) is 0 Å². The van der Waals surface area contributed by atoms with Crippen molar-refractivity contribution >= 4 is 24.8 Å². The maximum absolute atomic E-state index is 5.62. The lowest BCUT2D eigenvalue weighted by Gasteiger charge is -2.09. The maximum Gasteiger partial charge on any atom is 0.213 e. The first-order valence-corrected chi connectivity index (χ1v) is 5.12.